The van der Waals surface area contributed by atoms with Crippen LogP contribution < -0.4 is 0 Å². The fourth-order valence-electron chi connectivity index (χ4n) is 0.929. The lowest BCUT2D eigenvalue weighted by atomic mass is 10.2. The van der Waals surface area contributed by atoms with Gasteiger partial charge in [-0.25, -0.2) is 4.79 Å². The SMILES string of the molecule is CC(C)OOC(=O)c1ccccc1.CCC(C)[O][AlH2]. The van der Waals surface area contributed by atoms with E-state index in [2.05, 4.69) is 18.7 Å². The Morgan fingerprint density at radius 1 is 1.21 bits per heavy atom. The minimum atomic E-state index is -0.464. The molecule has 0 saturated carbocycles. The van der Waals surface area contributed by atoms with E-state index in [-0.39, 0.29) is 6.10 Å². The van der Waals surface area contributed by atoms with E-state index in [4.69, 9.17) is 8.68 Å². The van der Waals surface area contributed by atoms with Crippen molar-refractivity contribution < 1.29 is 18.4 Å². The molecule has 0 heterocycles. The van der Waals surface area contributed by atoms with Gasteiger partial charge >= 0.3 is 22.6 Å². The number of rotatable bonds is 5. The highest BCUT2D eigenvalue weighted by atomic mass is 27.1. The summed E-state index contributed by atoms with van der Waals surface area (Å²) in [4.78, 5) is 20.5. The summed E-state index contributed by atoms with van der Waals surface area (Å²) in [5.41, 5.74) is 0.489. The Bertz CT molecular complexity index is 337. The van der Waals surface area contributed by atoms with E-state index in [1.807, 2.05) is 6.07 Å². The highest BCUT2D eigenvalue weighted by Crippen LogP contribution is 2.02. The molecule has 5 heteroatoms. The Morgan fingerprint density at radius 2 is 1.79 bits per heavy atom. The van der Waals surface area contributed by atoms with Crippen LogP contribution in [0.4, 0.5) is 0 Å². The number of carbonyl (C=O) groups excluding carboxylic acids is 1. The van der Waals surface area contributed by atoms with Crippen LogP contribution in [0.25, 0.3) is 0 Å². The zero-order chi connectivity index (χ0) is 14.7. The van der Waals surface area contributed by atoms with Gasteiger partial charge in [0.15, 0.2) is 0 Å². The molecule has 0 spiro atoms. The van der Waals surface area contributed by atoms with Crippen LogP contribution in [0.2, 0.25) is 0 Å². The third-order valence-corrected chi connectivity index (χ3v) is 3.11. The molecule has 0 aliphatic heterocycles. The highest BCUT2D eigenvalue weighted by Gasteiger charge is 2.07. The van der Waals surface area contributed by atoms with Crippen molar-refractivity contribution in [3.05, 3.63) is 35.9 Å². The summed E-state index contributed by atoms with van der Waals surface area (Å²) in [6, 6.07) is 8.72. The molecule has 0 aliphatic carbocycles. The smallest absolute Gasteiger partial charge is 0.410 e. The molecule has 0 aromatic heterocycles. The van der Waals surface area contributed by atoms with Gasteiger partial charge in [-0.3, -0.25) is 4.89 Å². The van der Waals surface area contributed by atoms with Crippen LogP contribution in [0.15, 0.2) is 30.3 Å². The van der Waals surface area contributed by atoms with Gasteiger partial charge in [0.05, 0.1) is 11.7 Å². The Hall–Kier alpha value is -0.858. The van der Waals surface area contributed by atoms with E-state index < -0.39 is 5.97 Å². The van der Waals surface area contributed by atoms with Gasteiger partial charge < -0.3 is 3.79 Å². The number of carbonyl (C=O) groups is 1. The zero-order valence-electron chi connectivity index (χ0n) is 12.4. The Kier molecular flexibility index (Phi) is 10.5. The minimum Gasteiger partial charge on any atom is -0.504 e. The van der Waals surface area contributed by atoms with Crippen LogP contribution >= 0.6 is 0 Å². The van der Waals surface area contributed by atoms with Crippen molar-refractivity contribution in [1.82, 2.24) is 0 Å². The second-order valence-electron chi connectivity index (χ2n) is 4.34. The van der Waals surface area contributed by atoms with E-state index in [0.717, 1.165) is 23.0 Å². The molecule has 19 heavy (non-hydrogen) atoms. The predicted octanol–water partition coefficient (Wildman–Crippen LogP) is 2.53. The van der Waals surface area contributed by atoms with Crippen LogP contribution in [0, 0.1) is 0 Å². The number of benzene rings is 1. The molecule has 1 aromatic carbocycles. The van der Waals surface area contributed by atoms with Gasteiger partial charge in [0.25, 0.3) is 0 Å². The van der Waals surface area contributed by atoms with Crippen LogP contribution in [-0.2, 0) is 13.6 Å². The second-order valence-corrected chi connectivity index (χ2v) is 4.81. The van der Waals surface area contributed by atoms with Crippen LogP contribution in [0.5, 0.6) is 0 Å². The normalized spacial score (nSPS) is 11.4. The van der Waals surface area contributed by atoms with E-state index >= 15 is 0 Å². The maximum Gasteiger partial charge on any atom is 0.410 e. The molecule has 106 valence electrons. The summed E-state index contributed by atoms with van der Waals surface area (Å²) >= 11 is 0.882. The molecule has 0 amide bonds. The molecule has 0 radical (unpaired) electrons. The van der Waals surface area contributed by atoms with Crippen LogP contribution in [0.1, 0.15) is 44.5 Å². The molecule has 1 aromatic rings. The first kappa shape index (κ1) is 18.1. The third-order valence-electron chi connectivity index (χ3n) is 2.30. The summed E-state index contributed by atoms with van der Waals surface area (Å²) < 4.78 is 5.04. The molecule has 0 N–H and O–H groups in total. The maximum atomic E-state index is 11.2. The molecule has 0 aliphatic rings. The lowest BCUT2D eigenvalue weighted by molar-refractivity contribution is -0.265. The predicted molar refractivity (Wildman–Crippen MR) is 77.5 cm³/mol. The molecule has 1 atom stereocenters. The monoisotopic (exact) mass is 282 g/mol. The largest absolute Gasteiger partial charge is 0.504 e. The molecule has 0 saturated heterocycles. The van der Waals surface area contributed by atoms with Crippen molar-refractivity contribution in [2.24, 2.45) is 0 Å². The first-order chi connectivity index (χ1) is 9.01. The van der Waals surface area contributed by atoms with Gasteiger partial charge in [-0.1, -0.05) is 25.1 Å². The van der Waals surface area contributed by atoms with Gasteiger partial charge in [-0.05, 0) is 39.3 Å². The van der Waals surface area contributed by atoms with Gasteiger partial charge in [-0.15, -0.1) is 0 Å². The summed E-state index contributed by atoms with van der Waals surface area (Å²) in [5, 5.41) is 0. The van der Waals surface area contributed by atoms with Crippen LogP contribution in [0.3, 0.4) is 0 Å². The van der Waals surface area contributed by atoms with Gasteiger partial charge in [0.2, 0.25) is 0 Å². The number of hydrogen-bond acceptors (Lipinski definition) is 4. The quantitative estimate of drug-likeness (QED) is 0.473. The van der Waals surface area contributed by atoms with E-state index in [9.17, 15) is 4.79 Å². The number of hydrogen-bond donors (Lipinski definition) is 0. The minimum absolute atomic E-state index is 0.118. The van der Waals surface area contributed by atoms with Crippen molar-refractivity contribution in [2.45, 2.75) is 46.3 Å². The van der Waals surface area contributed by atoms with E-state index in [1.165, 1.54) is 0 Å². The van der Waals surface area contributed by atoms with Crippen molar-refractivity contribution in [2.75, 3.05) is 0 Å². The molecule has 1 rings (SSSR count). The maximum absolute atomic E-state index is 11.2. The summed E-state index contributed by atoms with van der Waals surface area (Å²) in [6.07, 6.45) is 1.52. The Balaban J connectivity index is 0.000000459. The van der Waals surface area contributed by atoms with E-state index in [0.29, 0.717) is 11.7 Å². The van der Waals surface area contributed by atoms with Gasteiger partial charge in [-0.2, -0.15) is 4.89 Å². The third kappa shape index (κ3) is 9.69. The molecule has 4 nitrogen and oxygen atoms in total. The van der Waals surface area contributed by atoms with Crippen molar-refractivity contribution in [3.8, 4) is 0 Å². The first-order valence-electron chi connectivity index (χ1n) is 6.46. The lowest BCUT2D eigenvalue weighted by Crippen LogP contribution is -2.10. The molecular weight excluding hydrogens is 259 g/mol. The van der Waals surface area contributed by atoms with Crippen molar-refractivity contribution in [3.63, 3.8) is 0 Å². The van der Waals surface area contributed by atoms with Gasteiger partial charge in [0, 0.05) is 6.10 Å². The molecule has 1 unspecified atom stereocenters. The van der Waals surface area contributed by atoms with Crippen molar-refractivity contribution >= 4 is 22.6 Å². The van der Waals surface area contributed by atoms with Crippen molar-refractivity contribution in [1.29, 1.82) is 0 Å². The summed E-state index contributed by atoms with van der Waals surface area (Å²) in [6.45, 7) is 7.80. The van der Waals surface area contributed by atoms with E-state index in [1.54, 1.807) is 38.1 Å². The van der Waals surface area contributed by atoms with Crippen LogP contribution in [-0.4, -0.2) is 34.8 Å². The first-order valence-corrected chi connectivity index (χ1v) is 7.28. The highest BCUT2D eigenvalue weighted by molar-refractivity contribution is 5.98. The molecular formula is C14H23AlO4. The second kappa shape index (κ2) is 11.0. The average Bonchev–Trinajstić information content (AvgIpc) is 2.45. The van der Waals surface area contributed by atoms with Gasteiger partial charge in [0.1, 0.15) is 0 Å². The summed E-state index contributed by atoms with van der Waals surface area (Å²) in [5.74, 6) is -0.464. The Labute approximate surface area is 123 Å². The lowest BCUT2D eigenvalue weighted by Gasteiger charge is -2.05. The molecule has 0 bridgehead atoms. The molecule has 0 fully saturated rings. The Morgan fingerprint density at radius 3 is 2.16 bits per heavy atom. The summed E-state index contributed by atoms with van der Waals surface area (Å²) in [7, 11) is 0. The topological polar surface area (TPSA) is 44.8 Å². The zero-order valence-corrected chi connectivity index (χ0v) is 14.4. The fourth-order valence-corrected chi connectivity index (χ4v) is 1.26. The standard InChI is InChI=1S/C10H12O3.C4H9O.Al.2H/c1-8(2)12-13-10(11)9-6-4-3-5-7-9;1-3-4(2)5;;;/h3-8H,1-2H3;4H,3H2,1-2H3;;;/q;-1;+1;;. The average molecular weight is 282 g/mol. The fraction of sp³-hybridized carbons (Fsp3) is 0.500.